The Morgan fingerprint density at radius 3 is 2.42 bits per heavy atom. The normalized spacial score (nSPS) is 21.3. The SMILES string of the molecule is CC(CN(C)C(=O)N1CCC(C(C)(C)C)C1)C(=O)O. The summed E-state index contributed by atoms with van der Waals surface area (Å²) in [6.07, 6.45) is 1.03. The number of hydrogen-bond acceptors (Lipinski definition) is 2. The molecule has 0 aliphatic carbocycles. The highest BCUT2D eigenvalue weighted by atomic mass is 16.4. The summed E-state index contributed by atoms with van der Waals surface area (Å²) >= 11 is 0. The van der Waals surface area contributed by atoms with Crippen molar-refractivity contribution in [3.8, 4) is 0 Å². The highest BCUT2D eigenvalue weighted by molar-refractivity contribution is 5.76. The zero-order valence-electron chi connectivity index (χ0n) is 12.6. The minimum atomic E-state index is -0.867. The molecule has 2 unspecified atom stereocenters. The summed E-state index contributed by atoms with van der Waals surface area (Å²) in [6, 6.07) is -0.0557. The summed E-state index contributed by atoms with van der Waals surface area (Å²) in [4.78, 5) is 26.4. The number of carbonyl (C=O) groups excluding carboxylic acids is 1. The van der Waals surface area contributed by atoms with E-state index in [1.807, 2.05) is 4.90 Å². The van der Waals surface area contributed by atoms with E-state index >= 15 is 0 Å². The van der Waals surface area contributed by atoms with Crippen molar-refractivity contribution < 1.29 is 14.7 Å². The molecule has 2 amide bonds. The minimum absolute atomic E-state index is 0.0557. The molecule has 19 heavy (non-hydrogen) atoms. The van der Waals surface area contributed by atoms with E-state index < -0.39 is 11.9 Å². The molecular formula is C14H26N2O3. The Morgan fingerprint density at radius 2 is 2.00 bits per heavy atom. The van der Waals surface area contributed by atoms with Crippen LogP contribution in [0.25, 0.3) is 0 Å². The van der Waals surface area contributed by atoms with E-state index in [1.54, 1.807) is 14.0 Å². The van der Waals surface area contributed by atoms with E-state index in [4.69, 9.17) is 5.11 Å². The molecule has 2 atom stereocenters. The van der Waals surface area contributed by atoms with Crippen molar-refractivity contribution in [1.29, 1.82) is 0 Å². The lowest BCUT2D eigenvalue weighted by Gasteiger charge is -2.29. The molecule has 1 saturated heterocycles. The molecule has 0 bridgehead atoms. The molecule has 110 valence electrons. The van der Waals surface area contributed by atoms with Gasteiger partial charge in [-0.05, 0) is 17.8 Å². The zero-order chi connectivity index (χ0) is 14.8. The number of carboxylic acid groups (broad SMARTS) is 1. The van der Waals surface area contributed by atoms with Gasteiger partial charge in [0.2, 0.25) is 0 Å². The predicted octanol–water partition coefficient (Wildman–Crippen LogP) is 2.13. The van der Waals surface area contributed by atoms with Crippen molar-refractivity contribution in [3.05, 3.63) is 0 Å². The monoisotopic (exact) mass is 270 g/mol. The van der Waals surface area contributed by atoms with Gasteiger partial charge in [0.1, 0.15) is 0 Å². The van der Waals surface area contributed by atoms with Crippen LogP contribution in [0.1, 0.15) is 34.1 Å². The van der Waals surface area contributed by atoms with E-state index in [1.165, 1.54) is 4.90 Å². The van der Waals surface area contributed by atoms with E-state index in [9.17, 15) is 9.59 Å². The van der Waals surface area contributed by atoms with Crippen molar-refractivity contribution in [3.63, 3.8) is 0 Å². The highest BCUT2D eigenvalue weighted by Gasteiger charge is 2.35. The first-order valence-corrected chi connectivity index (χ1v) is 6.85. The van der Waals surface area contributed by atoms with Crippen molar-refractivity contribution in [1.82, 2.24) is 9.80 Å². The molecule has 5 heteroatoms. The van der Waals surface area contributed by atoms with Crippen molar-refractivity contribution >= 4 is 12.0 Å². The average molecular weight is 270 g/mol. The maximum Gasteiger partial charge on any atom is 0.319 e. The number of likely N-dealkylation sites (tertiary alicyclic amines) is 1. The van der Waals surface area contributed by atoms with Gasteiger partial charge in [-0.25, -0.2) is 4.79 Å². The fourth-order valence-electron chi connectivity index (χ4n) is 2.45. The molecule has 0 aromatic rings. The van der Waals surface area contributed by atoms with Gasteiger partial charge in [0, 0.05) is 26.7 Å². The zero-order valence-corrected chi connectivity index (χ0v) is 12.6. The molecule has 1 rings (SSSR count). The van der Waals surface area contributed by atoms with Crippen LogP contribution in [0.5, 0.6) is 0 Å². The van der Waals surface area contributed by atoms with Gasteiger partial charge in [-0.15, -0.1) is 0 Å². The number of rotatable bonds is 3. The van der Waals surface area contributed by atoms with Crippen LogP contribution in [0, 0.1) is 17.3 Å². The molecule has 5 nitrogen and oxygen atoms in total. The van der Waals surface area contributed by atoms with Gasteiger partial charge >= 0.3 is 12.0 Å². The lowest BCUT2D eigenvalue weighted by Crippen LogP contribution is -2.43. The van der Waals surface area contributed by atoms with Gasteiger partial charge in [-0.2, -0.15) is 0 Å². The number of amides is 2. The van der Waals surface area contributed by atoms with Crippen LogP contribution in [0.2, 0.25) is 0 Å². The maximum absolute atomic E-state index is 12.2. The summed E-state index contributed by atoms with van der Waals surface area (Å²) in [6.45, 7) is 10.0. The van der Waals surface area contributed by atoms with Crippen molar-refractivity contribution in [2.24, 2.45) is 17.3 Å². The Hall–Kier alpha value is -1.26. The maximum atomic E-state index is 12.2. The Bertz CT molecular complexity index is 349. The predicted molar refractivity (Wildman–Crippen MR) is 74.0 cm³/mol. The second kappa shape index (κ2) is 5.80. The molecule has 0 saturated carbocycles. The van der Waals surface area contributed by atoms with Crippen LogP contribution < -0.4 is 0 Å². The molecule has 0 aromatic carbocycles. The molecular weight excluding hydrogens is 244 g/mol. The summed E-state index contributed by atoms with van der Waals surface area (Å²) in [5.41, 5.74) is 0.210. The van der Waals surface area contributed by atoms with Gasteiger partial charge in [0.15, 0.2) is 0 Å². The smallest absolute Gasteiger partial charge is 0.319 e. The minimum Gasteiger partial charge on any atom is -0.481 e. The molecule has 1 N–H and O–H groups in total. The first-order chi connectivity index (χ1) is 8.62. The van der Waals surface area contributed by atoms with Gasteiger partial charge < -0.3 is 14.9 Å². The molecule has 0 spiro atoms. The van der Waals surface area contributed by atoms with Gasteiger partial charge in [-0.1, -0.05) is 27.7 Å². The summed E-state index contributed by atoms with van der Waals surface area (Å²) in [7, 11) is 1.67. The van der Waals surface area contributed by atoms with E-state index in [0.717, 1.165) is 19.5 Å². The summed E-state index contributed by atoms with van der Waals surface area (Å²) < 4.78 is 0. The molecule has 1 aliphatic rings. The standard InChI is InChI=1S/C14H26N2O3/c1-10(12(17)18)8-15(5)13(19)16-7-6-11(9-16)14(2,3)4/h10-11H,6-9H2,1-5H3,(H,17,18). The third-order valence-corrected chi connectivity index (χ3v) is 3.98. The fourth-order valence-corrected chi connectivity index (χ4v) is 2.45. The Morgan fingerprint density at radius 1 is 1.42 bits per heavy atom. The van der Waals surface area contributed by atoms with Gasteiger partial charge in [0.05, 0.1) is 5.92 Å². The Labute approximate surface area is 115 Å². The second-order valence-electron chi connectivity index (χ2n) is 6.70. The molecule has 1 fully saturated rings. The van der Waals surface area contributed by atoms with E-state index in [0.29, 0.717) is 5.92 Å². The number of nitrogens with zero attached hydrogens (tertiary/aromatic N) is 2. The van der Waals surface area contributed by atoms with Crippen LogP contribution >= 0.6 is 0 Å². The number of aliphatic carboxylic acids is 1. The second-order valence-corrected chi connectivity index (χ2v) is 6.70. The largest absolute Gasteiger partial charge is 0.481 e. The number of urea groups is 1. The molecule has 1 aliphatic heterocycles. The number of carboxylic acids is 1. The van der Waals surface area contributed by atoms with Crippen LogP contribution in [-0.4, -0.2) is 53.6 Å². The van der Waals surface area contributed by atoms with Crippen molar-refractivity contribution in [2.75, 3.05) is 26.7 Å². The first kappa shape index (κ1) is 15.8. The van der Waals surface area contributed by atoms with Crippen LogP contribution in [0.15, 0.2) is 0 Å². The quantitative estimate of drug-likeness (QED) is 0.854. The van der Waals surface area contributed by atoms with E-state index in [2.05, 4.69) is 20.8 Å². The summed E-state index contributed by atoms with van der Waals surface area (Å²) in [5, 5.41) is 8.88. The average Bonchev–Trinajstić information content (AvgIpc) is 2.76. The molecule has 1 heterocycles. The van der Waals surface area contributed by atoms with Crippen LogP contribution in [-0.2, 0) is 4.79 Å². The third kappa shape index (κ3) is 4.11. The van der Waals surface area contributed by atoms with Gasteiger partial charge in [0.25, 0.3) is 0 Å². The highest BCUT2D eigenvalue weighted by Crippen LogP contribution is 2.33. The topological polar surface area (TPSA) is 60.9 Å². The first-order valence-electron chi connectivity index (χ1n) is 6.85. The lowest BCUT2D eigenvalue weighted by molar-refractivity contribution is -0.141. The molecule has 0 aromatic heterocycles. The Balaban J connectivity index is 2.53. The summed E-state index contributed by atoms with van der Waals surface area (Å²) in [5.74, 6) is -0.884. The lowest BCUT2D eigenvalue weighted by atomic mass is 9.80. The molecule has 0 radical (unpaired) electrons. The number of carbonyl (C=O) groups is 2. The third-order valence-electron chi connectivity index (χ3n) is 3.98. The Kier molecular flexibility index (Phi) is 4.82. The van der Waals surface area contributed by atoms with Crippen molar-refractivity contribution in [2.45, 2.75) is 34.1 Å². The van der Waals surface area contributed by atoms with E-state index in [-0.39, 0.29) is 18.0 Å². The number of hydrogen-bond donors (Lipinski definition) is 1. The fraction of sp³-hybridized carbons (Fsp3) is 0.857. The van der Waals surface area contributed by atoms with Gasteiger partial charge in [-0.3, -0.25) is 4.79 Å². The van der Waals surface area contributed by atoms with Crippen LogP contribution in [0.4, 0.5) is 4.79 Å². The van der Waals surface area contributed by atoms with Crippen LogP contribution in [0.3, 0.4) is 0 Å².